The molecular formula is C17H24Cl2N4O2. The van der Waals surface area contributed by atoms with Gasteiger partial charge in [-0.3, -0.25) is 4.79 Å². The zero-order valence-electron chi connectivity index (χ0n) is 13.9. The molecule has 2 heterocycles. The van der Waals surface area contributed by atoms with Crippen molar-refractivity contribution in [2.24, 2.45) is 0 Å². The molecule has 2 aromatic rings. The molecule has 0 amide bonds. The molecule has 1 unspecified atom stereocenters. The highest BCUT2D eigenvalue weighted by Crippen LogP contribution is 2.26. The smallest absolute Gasteiger partial charge is 0.274 e. The summed E-state index contributed by atoms with van der Waals surface area (Å²) in [7, 11) is 0. The first-order valence-electron chi connectivity index (χ1n) is 8.06. The van der Waals surface area contributed by atoms with Crippen molar-refractivity contribution in [2.45, 2.75) is 25.4 Å². The lowest BCUT2D eigenvalue weighted by Crippen LogP contribution is -2.35. The van der Waals surface area contributed by atoms with Crippen LogP contribution in [0.5, 0.6) is 5.75 Å². The van der Waals surface area contributed by atoms with Gasteiger partial charge in [-0.25, -0.2) is 0 Å². The Morgan fingerprint density at radius 3 is 2.88 bits per heavy atom. The molecule has 1 aromatic heterocycles. The number of para-hydroxylation sites is 1. The van der Waals surface area contributed by atoms with Crippen molar-refractivity contribution >= 4 is 30.8 Å². The Bertz CT molecular complexity index is 696. The van der Waals surface area contributed by atoms with Crippen LogP contribution in [0.25, 0.3) is 0 Å². The third kappa shape index (κ3) is 6.57. The Balaban J connectivity index is 0.00000156. The van der Waals surface area contributed by atoms with Crippen molar-refractivity contribution < 1.29 is 4.74 Å². The number of nitrogens with zero attached hydrogens (tertiary/aromatic N) is 1. The van der Waals surface area contributed by atoms with Gasteiger partial charge in [-0.15, -0.1) is 24.8 Å². The summed E-state index contributed by atoms with van der Waals surface area (Å²) < 4.78 is 5.99. The van der Waals surface area contributed by atoms with Crippen molar-refractivity contribution in [3.05, 3.63) is 52.4 Å². The van der Waals surface area contributed by atoms with E-state index in [2.05, 4.69) is 32.7 Å². The zero-order chi connectivity index (χ0) is 15.9. The van der Waals surface area contributed by atoms with Gasteiger partial charge in [0.15, 0.2) is 0 Å². The molecule has 1 atom stereocenters. The van der Waals surface area contributed by atoms with E-state index in [9.17, 15) is 4.79 Å². The van der Waals surface area contributed by atoms with E-state index in [1.165, 1.54) is 11.6 Å². The third-order valence-corrected chi connectivity index (χ3v) is 3.86. The Hall–Kier alpha value is -1.76. The second kappa shape index (κ2) is 11.0. The number of anilines is 1. The van der Waals surface area contributed by atoms with Crippen LogP contribution in [0.4, 0.5) is 5.95 Å². The minimum absolute atomic E-state index is 0. The molecular weight excluding hydrogens is 363 g/mol. The van der Waals surface area contributed by atoms with E-state index < -0.39 is 0 Å². The van der Waals surface area contributed by atoms with E-state index in [-0.39, 0.29) is 36.5 Å². The quantitative estimate of drug-likeness (QED) is 0.636. The molecule has 1 aliphatic rings. The number of benzene rings is 1. The molecule has 0 saturated carbocycles. The predicted molar refractivity (Wildman–Crippen MR) is 105 cm³/mol. The van der Waals surface area contributed by atoms with Crippen molar-refractivity contribution in [1.29, 1.82) is 0 Å². The van der Waals surface area contributed by atoms with E-state index in [1.807, 2.05) is 12.1 Å². The van der Waals surface area contributed by atoms with Crippen LogP contribution < -0.4 is 20.9 Å². The number of rotatable bonds is 7. The molecule has 0 fully saturated rings. The fourth-order valence-electron chi connectivity index (χ4n) is 2.67. The van der Waals surface area contributed by atoms with Gasteiger partial charge in [-0.2, -0.15) is 4.98 Å². The molecule has 8 heteroatoms. The maximum atomic E-state index is 11.1. The van der Waals surface area contributed by atoms with Gasteiger partial charge in [0, 0.05) is 25.4 Å². The highest BCUT2D eigenvalue weighted by molar-refractivity contribution is 5.85. The molecule has 0 saturated heterocycles. The van der Waals surface area contributed by atoms with Gasteiger partial charge in [0.05, 0.1) is 0 Å². The van der Waals surface area contributed by atoms with E-state index >= 15 is 0 Å². The first-order chi connectivity index (χ1) is 11.3. The summed E-state index contributed by atoms with van der Waals surface area (Å²) in [6.45, 7) is 2.51. The normalized spacial score (nSPS) is 15.1. The number of nitrogens with one attached hydrogen (secondary N) is 3. The van der Waals surface area contributed by atoms with Gasteiger partial charge in [-0.1, -0.05) is 18.2 Å². The maximum Gasteiger partial charge on any atom is 0.274 e. The van der Waals surface area contributed by atoms with Crippen LogP contribution in [0.1, 0.15) is 18.4 Å². The van der Waals surface area contributed by atoms with Crippen LogP contribution in [0.2, 0.25) is 0 Å². The summed E-state index contributed by atoms with van der Waals surface area (Å²) in [4.78, 5) is 17.8. The van der Waals surface area contributed by atoms with E-state index in [0.29, 0.717) is 5.95 Å². The fraction of sp³-hybridized carbons (Fsp3) is 0.412. The summed E-state index contributed by atoms with van der Waals surface area (Å²) in [5.41, 5.74) is 1.07. The third-order valence-electron chi connectivity index (χ3n) is 3.86. The number of halogens is 2. The van der Waals surface area contributed by atoms with Gasteiger partial charge < -0.3 is 20.4 Å². The van der Waals surface area contributed by atoms with Crippen LogP contribution in [0.3, 0.4) is 0 Å². The van der Waals surface area contributed by atoms with Crippen molar-refractivity contribution in [3.8, 4) is 5.75 Å². The average molecular weight is 387 g/mol. The molecule has 1 aromatic carbocycles. The van der Waals surface area contributed by atoms with Crippen LogP contribution in [-0.2, 0) is 6.42 Å². The van der Waals surface area contributed by atoms with Crippen LogP contribution >= 0.6 is 24.8 Å². The van der Waals surface area contributed by atoms with Gasteiger partial charge in [0.1, 0.15) is 11.9 Å². The molecule has 1 aliphatic heterocycles. The highest BCUT2D eigenvalue weighted by Gasteiger charge is 2.18. The second-order valence-corrected chi connectivity index (χ2v) is 5.65. The van der Waals surface area contributed by atoms with Crippen LogP contribution in [0, 0.1) is 0 Å². The molecule has 0 spiro atoms. The Morgan fingerprint density at radius 2 is 2.04 bits per heavy atom. The molecule has 6 nitrogen and oxygen atoms in total. The van der Waals surface area contributed by atoms with Gasteiger partial charge in [0.25, 0.3) is 5.56 Å². The Labute approximate surface area is 159 Å². The maximum absolute atomic E-state index is 11.1. The van der Waals surface area contributed by atoms with Gasteiger partial charge in [-0.05, 0) is 37.4 Å². The van der Waals surface area contributed by atoms with Crippen LogP contribution in [0.15, 0.2) is 41.3 Å². The summed E-state index contributed by atoms with van der Waals surface area (Å²) in [6.07, 6.45) is 4.91. The first kappa shape index (κ1) is 21.3. The average Bonchev–Trinajstić information content (AvgIpc) is 2.58. The molecule has 25 heavy (non-hydrogen) atoms. The lowest BCUT2D eigenvalue weighted by Gasteiger charge is -2.26. The number of aromatic amines is 1. The zero-order valence-corrected chi connectivity index (χ0v) is 15.5. The van der Waals surface area contributed by atoms with Crippen molar-refractivity contribution in [1.82, 2.24) is 15.3 Å². The minimum atomic E-state index is -0.237. The summed E-state index contributed by atoms with van der Waals surface area (Å²) in [5.74, 6) is 1.54. The molecule has 0 radical (unpaired) electrons. The van der Waals surface area contributed by atoms with Crippen molar-refractivity contribution in [3.63, 3.8) is 0 Å². The number of H-pyrrole nitrogens is 1. The SMILES string of the molecule is Cl.Cl.O=c1cc[nH]c(NCCCNCC2CCc3ccccc3O2)n1. The highest BCUT2D eigenvalue weighted by atomic mass is 35.5. The van der Waals surface area contributed by atoms with Crippen molar-refractivity contribution in [2.75, 3.05) is 25.0 Å². The van der Waals surface area contributed by atoms with Gasteiger partial charge >= 0.3 is 0 Å². The van der Waals surface area contributed by atoms with E-state index in [1.54, 1.807) is 6.20 Å². The molecule has 0 bridgehead atoms. The molecule has 138 valence electrons. The molecule has 3 N–H and O–H groups in total. The lowest BCUT2D eigenvalue weighted by molar-refractivity contribution is 0.171. The Morgan fingerprint density at radius 1 is 1.20 bits per heavy atom. The number of fused-ring (bicyclic) bond motifs is 1. The first-order valence-corrected chi connectivity index (χ1v) is 8.06. The summed E-state index contributed by atoms with van der Waals surface area (Å²) in [5, 5.41) is 6.53. The number of ether oxygens (including phenoxy) is 1. The van der Waals surface area contributed by atoms with E-state index in [4.69, 9.17) is 4.74 Å². The number of hydrogen-bond donors (Lipinski definition) is 3. The monoisotopic (exact) mass is 386 g/mol. The predicted octanol–water partition coefficient (Wildman–Crippen LogP) is 2.40. The molecule has 3 rings (SSSR count). The summed E-state index contributed by atoms with van der Waals surface area (Å²) in [6, 6.07) is 9.64. The standard InChI is InChI=1S/C17H22N4O2.2ClH/c22-16-8-11-20-17(21-16)19-10-3-9-18-12-14-7-6-13-4-1-2-5-15(13)23-14;;/h1-2,4-5,8,11,14,18H,3,6-7,9-10,12H2,(H2,19,20,21,22);2*1H. The largest absolute Gasteiger partial charge is 0.489 e. The second-order valence-electron chi connectivity index (χ2n) is 5.65. The number of aryl methyl sites for hydroxylation is 1. The van der Waals surface area contributed by atoms with E-state index in [0.717, 1.165) is 44.6 Å². The fourth-order valence-corrected chi connectivity index (χ4v) is 2.67. The van der Waals surface area contributed by atoms with Crippen LogP contribution in [-0.4, -0.2) is 35.7 Å². The number of hydrogen-bond acceptors (Lipinski definition) is 5. The lowest BCUT2D eigenvalue weighted by atomic mass is 10.0. The minimum Gasteiger partial charge on any atom is -0.489 e. The Kier molecular flexibility index (Phi) is 9.34. The van der Waals surface area contributed by atoms with Gasteiger partial charge in [0.2, 0.25) is 5.95 Å². The number of aromatic nitrogens is 2. The molecule has 0 aliphatic carbocycles. The summed E-state index contributed by atoms with van der Waals surface area (Å²) >= 11 is 0. The topological polar surface area (TPSA) is 79.0 Å².